The van der Waals surface area contributed by atoms with Crippen LogP contribution < -0.4 is 10.5 Å². The van der Waals surface area contributed by atoms with E-state index in [9.17, 15) is 9.59 Å². The van der Waals surface area contributed by atoms with Gasteiger partial charge in [-0.05, 0) is 19.1 Å². The zero-order chi connectivity index (χ0) is 18.1. The number of para-hydroxylation sites is 1. The minimum absolute atomic E-state index is 0.0820. The molecular formula is C17H19N7O2. The Bertz CT molecular complexity index is 974. The summed E-state index contributed by atoms with van der Waals surface area (Å²) < 4.78 is 1.41. The van der Waals surface area contributed by atoms with Gasteiger partial charge in [-0.1, -0.05) is 12.1 Å². The second-order valence-corrected chi connectivity index (χ2v) is 6.27. The van der Waals surface area contributed by atoms with Crippen molar-refractivity contribution < 1.29 is 4.79 Å². The number of nitrogens with zero attached hydrogens (tertiary/aromatic N) is 6. The molecule has 1 unspecified atom stereocenters. The second kappa shape index (κ2) is 6.58. The molecule has 0 bridgehead atoms. The Hall–Kier alpha value is -3.23. The van der Waals surface area contributed by atoms with Crippen LogP contribution in [0.3, 0.4) is 0 Å². The topological polar surface area (TPSA) is 100 Å². The summed E-state index contributed by atoms with van der Waals surface area (Å²) in [6.07, 6.45) is 2.92. The number of rotatable bonds is 3. The average Bonchev–Trinajstić information content (AvgIpc) is 3.22. The number of carbonyl (C=O) groups is 1. The summed E-state index contributed by atoms with van der Waals surface area (Å²) >= 11 is 0. The molecule has 0 radical (unpaired) electrons. The number of benzene rings is 1. The lowest BCUT2D eigenvalue weighted by Gasteiger charge is -2.35. The highest BCUT2D eigenvalue weighted by Gasteiger charge is 2.27. The second-order valence-electron chi connectivity index (χ2n) is 6.27. The van der Waals surface area contributed by atoms with Crippen LogP contribution in [0.15, 0.2) is 41.7 Å². The van der Waals surface area contributed by atoms with Crippen LogP contribution in [0.2, 0.25) is 0 Å². The number of anilines is 1. The quantitative estimate of drug-likeness (QED) is 0.733. The molecule has 3 aromatic rings. The third kappa shape index (κ3) is 2.81. The van der Waals surface area contributed by atoms with E-state index in [1.807, 2.05) is 11.0 Å². The molecule has 1 amide bonds. The molecule has 9 heteroatoms. The average molecular weight is 353 g/mol. The van der Waals surface area contributed by atoms with Crippen molar-refractivity contribution in [3.8, 4) is 0 Å². The molecule has 0 spiro atoms. The predicted octanol–water partition coefficient (Wildman–Crippen LogP) is 0.424. The van der Waals surface area contributed by atoms with Gasteiger partial charge in [-0.2, -0.15) is 10.1 Å². The first kappa shape index (κ1) is 16.2. The minimum atomic E-state index is -0.601. The molecule has 1 fully saturated rings. The van der Waals surface area contributed by atoms with E-state index < -0.39 is 6.04 Å². The zero-order valence-corrected chi connectivity index (χ0v) is 14.4. The summed E-state index contributed by atoms with van der Waals surface area (Å²) in [4.78, 5) is 37.8. The third-order valence-electron chi connectivity index (χ3n) is 4.76. The van der Waals surface area contributed by atoms with Crippen molar-refractivity contribution in [2.24, 2.45) is 0 Å². The van der Waals surface area contributed by atoms with Gasteiger partial charge in [-0.3, -0.25) is 14.2 Å². The van der Waals surface area contributed by atoms with E-state index in [1.54, 1.807) is 30.0 Å². The van der Waals surface area contributed by atoms with E-state index in [-0.39, 0.29) is 11.5 Å². The molecule has 26 heavy (non-hydrogen) atoms. The molecule has 2 aromatic heterocycles. The summed E-state index contributed by atoms with van der Waals surface area (Å²) in [5.41, 5.74) is 0.436. The number of aromatic amines is 1. The molecule has 4 rings (SSSR count). The van der Waals surface area contributed by atoms with E-state index in [0.717, 1.165) is 0 Å². The molecular weight excluding hydrogens is 334 g/mol. The summed E-state index contributed by atoms with van der Waals surface area (Å²) in [7, 11) is 0. The van der Waals surface area contributed by atoms with Gasteiger partial charge >= 0.3 is 0 Å². The summed E-state index contributed by atoms with van der Waals surface area (Å²) in [6, 6.07) is 6.55. The van der Waals surface area contributed by atoms with E-state index in [2.05, 4.69) is 20.2 Å². The number of carbonyl (C=O) groups excluding carboxylic acids is 1. The number of hydrogen-bond donors (Lipinski definition) is 1. The molecule has 1 aliphatic rings. The molecule has 134 valence electrons. The molecule has 1 atom stereocenters. The molecule has 1 aromatic carbocycles. The fourth-order valence-corrected chi connectivity index (χ4v) is 3.23. The van der Waals surface area contributed by atoms with Crippen LogP contribution in [0, 0.1) is 0 Å². The van der Waals surface area contributed by atoms with Crippen LogP contribution in [0.5, 0.6) is 0 Å². The number of amides is 1. The molecule has 0 saturated carbocycles. The monoisotopic (exact) mass is 353 g/mol. The standard InChI is InChI=1S/C17H19N7O2/c1-12(24-11-19-14-5-3-2-4-13(14)16(24)26)15(25)22-6-8-23(9-7-22)17-18-10-20-21-17/h2-5,10-12H,6-9H2,1H3,(H,18,20,21). The number of piperazine rings is 1. The van der Waals surface area contributed by atoms with Gasteiger partial charge < -0.3 is 9.80 Å². The zero-order valence-electron chi connectivity index (χ0n) is 14.4. The van der Waals surface area contributed by atoms with Gasteiger partial charge in [-0.15, -0.1) is 0 Å². The first-order chi connectivity index (χ1) is 12.6. The first-order valence-corrected chi connectivity index (χ1v) is 8.50. The Morgan fingerprint density at radius 3 is 2.65 bits per heavy atom. The smallest absolute Gasteiger partial charge is 0.261 e. The van der Waals surface area contributed by atoms with E-state index in [0.29, 0.717) is 43.0 Å². The van der Waals surface area contributed by atoms with Crippen LogP contribution in [0.25, 0.3) is 10.9 Å². The van der Waals surface area contributed by atoms with Gasteiger partial charge in [0.2, 0.25) is 11.9 Å². The van der Waals surface area contributed by atoms with Crippen LogP contribution in [-0.2, 0) is 4.79 Å². The molecule has 0 aliphatic carbocycles. The van der Waals surface area contributed by atoms with Gasteiger partial charge in [0, 0.05) is 26.2 Å². The highest BCUT2D eigenvalue weighted by atomic mass is 16.2. The normalized spacial score (nSPS) is 16.0. The Balaban J connectivity index is 1.50. The number of H-pyrrole nitrogens is 1. The predicted molar refractivity (Wildman–Crippen MR) is 95.9 cm³/mol. The van der Waals surface area contributed by atoms with Crippen molar-refractivity contribution in [3.05, 3.63) is 47.3 Å². The van der Waals surface area contributed by atoms with Crippen molar-refractivity contribution in [1.82, 2.24) is 29.6 Å². The SMILES string of the molecule is CC(C(=O)N1CCN(c2ncn[nH]2)CC1)n1cnc2ccccc2c1=O. The fourth-order valence-electron chi connectivity index (χ4n) is 3.23. The Morgan fingerprint density at radius 1 is 1.15 bits per heavy atom. The van der Waals surface area contributed by atoms with E-state index >= 15 is 0 Å². The lowest BCUT2D eigenvalue weighted by molar-refractivity contribution is -0.134. The lowest BCUT2D eigenvalue weighted by atomic mass is 10.2. The maximum absolute atomic E-state index is 12.9. The number of nitrogens with one attached hydrogen (secondary N) is 1. The Kier molecular flexibility index (Phi) is 4.11. The van der Waals surface area contributed by atoms with Crippen molar-refractivity contribution in [3.63, 3.8) is 0 Å². The van der Waals surface area contributed by atoms with Crippen LogP contribution in [-0.4, -0.2) is 61.7 Å². The number of fused-ring (bicyclic) bond motifs is 1. The highest BCUT2D eigenvalue weighted by Crippen LogP contribution is 2.14. The fraction of sp³-hybridized carbons (Fsp3) is 0.353. The van der Waals surface area contributed by atoms with Gasteiger partial charge in [0.05, 0.1) is 17.2 Å². The number of hydrogen-bond acceptors (Lipinski definition) is 6. The summed E-state index contributed by atoms with van der Waals surface area (Å²) in [5, 5.41) is 7.20. The van der Waals surface area contributed by atoms with Crippen molar-refractivity contribution >= 4 is 22.8 Å². The molecule has 1 N–H and O–H groups in total. The van der Waals surface area contributed by atoms with Gasteiger partial charge in [0.15, 0.2) is 0 Å². The van der Waals surface area contributed by atoms with Gasteiger partial charge in [-0.25, -0.2) is 10.1 Å². The van der Waals surface area contributed by atoms with Crippen molar-refractivity contribution in [2.45, 2.75) is 13.0 Å². The highest BCUT2D eigenvalue weighted by molar-refractivity contribution is 5.81. The maximum atomic E-state index is 12.9. The Morgan fingerprint density at radius 2 is 1.92 bits per heavy atom. The van der Waals surface area contributed by atoms with Gasteiger partial charge in [0.1, 0.15) is 12.4 Å². The molecule has 1 aliphatic heterocycles. The summed E-state index contributed by atoms with van der Waals surface area (Å²) in [5.74, 6) is 0.626. The summed E-state index contributed by atoms with van der Waals surface area (Å²) in [6.45, 7) is 4.21. The van der Waals surface area contributed by atoms with Gasteiger partial charge in [0.25, 0.3) is 5.56 Å². The van der Waals surface area contributed by atoms with Crippen molar-refractivity contribution in [1.29, 1.82) is 0 Å². The van der Waals surface area contributed by atoms with E-state index in [1.165, 1.54) is 17.2 Å². The molecule has 9 nitrogen and oxygen atoms in total. The van der Waals surface area contributed by atoms with Crippen LogP contribution in [0.4, 0.5) is 5.95 Å². The molecule has 1 saturated heterocycles. The third-order valence-corrected chi connectivity index (χ3v) is 4.76. The minimum Gasteiger partial charge on any atom is -0.338 e. The van der Waals surface area contributed by atoms with E-state index in [4.69, 9.17) is 0 Å². The Labute approximate surface area is 149 Å². The molecule has 3 heterocycles. The van der Waals surface area contributed by atoms with Crippen LogP contribution in [0.1, 0.15) is 13.0 Å². The maximum Gasteiger partial charge on any atom is 0.261 e. The lowest BCUT2D eigenvalue weighted by Crippen LogP contribution is -2.51. The first-order valence-electron chi connectivity index (χ1n) is 8.50. The van der Waals surface area contributed by atoms with Crippen LogP contribution >= 0.6 is 0 Å². The number of aromatic nitrogens is 5. The van der Waals surface area contributed by atoms with Crippen molar-refractivity contribution in [2.75, 3.05) is 31.1 Å². The largest absolute Gasteiger partial charge is 0.338 e.